The zero-order valence-electron chi connectivity index (χ0n) is 9.95. The minimum atomic E-state index is 0.975. The first-order valence-corrected chi connectivity index (χ1v) is 7.67. The van der Waals surface area contributed by atoms with Crippen LogP contribution in [0.5, 0.6) is 0 Å². The molecule has 0 aromatic heterocycles. The van der Waals surface area contributed by atoms with E-state index in [0.29, 0.717) is 0 Å². The molecule has 0 radical (unpaired) electrons. The molecule has 0 saturated carbocycles. The normalized spacial score (nSPS) is 10.9. The molecule has 0 unspecified atom stereocenters. The molecule has 1 nitrogen and oxygen atoms in total. The molecule has 2 rings (SSSR count). The lowest BCUT2D eigenvalue weighted by Gasteiger charge is -2.07. The zero-order valence-corrected chi connectivity index (χ0v) is 12.1. The van der Waals surface area contributed by atoms with Crippen molar-refractivity contribution in [1.29, 1.82) is 0 Å². The molecule has 1 N–H and O–H groups in total. The maximum atomic E-state index is 3.53. The Morgan fingerprint density at radius 1 is 0.941 bits per heavy atom. The van der Waals surface area contributed by atoms with Crippen LogP contribution in [0.4, 0.5) is 0 Å². The van der Waals surface area contributed by atoms with Gasteiger partial charge in [-0.2, -0.15) is 0 Å². The highest BCUT2D eigenvalue weighted by Crippen LogP contribution is 2.18. The van der Waals surface area contributed by atoms with Crippen molar-refractivity contribution in [2.24, 2.45) is 0 Å². The number of halogens is 1. The third-order valence-electron chi connectivity index (χ3n) is 2.93. The summed E-state index contributed by atoms with van der Waals surface area (Å²) >= 11 is 2.43. The molecule has 0 fully saturated rings. The van der Waals surface area contributed by atoms with Gasteiger partial charge in [0.15, 0.2) is 0 Å². The summed E-state index contributed by atoms with van der Waals surface area (Å²) in [6.45, 7) is 2.09. The molecular weight excluding hydrogens is 321 g/mol. The standard InChI is InChI=1S/C15H18IN/c16-10-3-4-11-17-12-14-8-5-7-13-6-1-2-9-15(13)14/h1-2,5-9,17H,3-4,10-12H2. The van der Waals surface area contributed by atoms with Crippen molar-refractivity contribution in [2.75, 3.05) is 11.0 Å². The topological polar surface area (TPSA) is 12.0 Å². The molecule has 0 saturated heterocycles. The van der Waals surface area contributed by atoms with Gasteiger partial charge in [0.05, 0.1) is 0 Å². The Kier molecular flexibility index (Phi) is 5.26. The summed E-state index contributed by atoms with van der Waals surface area (Å²) in [4.78, 5) is 0. The van der Waals surface area contributed by atoms with Gasteiger partial charge in [0.2, 0.25) is 0 Å². The van der Waals surface area contributed by atoms with Gasteiger partial charge in [-0.3, -0.25) is 0 Å². The lowest BCUT2D eigenvalue weighted by molar-refractivity contribution is 0.648. The fourth-order valence-electron chi connectivity index (χ4n) is 2.01. The van der Waals surface area contributed by atoms with Crippen molar-refractivity contribution in [1.82, 2.24) is 5.32 Å². The second-order valence-corrected chi connectivity index (χ2v) is 5.29. The number of nitrogens with one attached hydrogen (secondary N) is 1. The summed E-state index contributed by atoms with van der Waals surface area (Å²) < 4.78 is 1.26. The van der Waals surface area contributed by atoms with Crippen molar-refractivity contribution in [3.63, 3.8) is 0 Å². The highest BCUT2D eigenvalue weighted by molar-refractivity contribution is 14.1. The fraction of sp³-hybridized carbons (Fsp3) is 0.333. The van der Waals surface area contributed by atoms with E-state index in [0.717, 1.165) is 13.1 Å². The van der Waals surface area contributed by atoms with E-state index >= 15 is 0 Å². The van der Waals surface area contributed by atoms with E-state index in [1.165, 1.54) is 33.6 Å². The maximum absolute atomic E-state index is 3.53. The van der Waals surface area contributed by atoms with Crippen LogP contribution in [0.15, 0.2) is 42.5 Å². The number of fused-ring (bicyclic) bond motifs is 1. The molecule has 2 heteroatoms. The van der Waals surface area contributed by atoms with Crippen LogP contribution in [0.2, 0.25) is 0 Å². The third-order valence-corrected chi connectivity index (χ3v) is 3.70. The van der Waals surface area contributed by atoms with Crippen LogP contribution in [0.1, 0.15) is 18.4 Å². The third kappa shape index (κ3) is 3.68. The molecule has 0 spiro atoms. The highest BCUT2D eigenvalue weighted by atomic mass is 127. The Labute approximate surface area is 117 Å². The number of rotatable bonds is 6. The van der Waals surface area contributed by atoms with Crippen LogP contribution in [0.25, 0.3) is 10.8 Å². The van der Waals surface area contributed by atoms with E-state index < -0.39 is 0 Å². The average molecular weight is 339 g/mol. The summed E-state index contributed by atoms with van der Waals surface area (Å²) in [5.41, 5.74) is 1.40. The van der Waals surface area contributed by atoms with Crippen LogP contribution in [-0.4, -0.2) is 11.0 Å². The Bertz CT molecular complexity index is 462. The van der Waals surface area contributed by atoms with Crippen LogP contribution < -0.4 is 5.32 Å². The SMILES string of the molecule is ICCCCNCc1cccc2ccccc12. The minimum Gasteiger partial charge on any atom is -0.313 e. The Morgan fingerprint density at radius 3 is 2.65 bits per heavy atom. The van der Waals surface area contributed by atoms with Gasteiger partial charge in [-0.1, -0.05) is 65.1 Å². The van der Waals surface area contributed by atoms with Gasteiger partial charge in [0.1, 0.15) is 0 Å². The van der Waals surface area contributed by atoms with E-state index in [9.17, 15) is 0 Å². The molecule has 90 valence electrons. The van der Waals surface area contributed by atoms with Crippen molar-refractivity contribution in [2.45, 2.75) is 19.4 Å². The lowest BCUT2D eigenvalue weighted by Crippen LogP contribution is -2.14. The number of benzene rings is 2. The smallest absolute Gasteiger partial charge is 0.0211 e. The lowest BCUT2D eigenvalue weighted by atomic mass is 10.0. The first kappa shape index (κ1) is 12.8. The van der Waals surface area contributed by atoms with Gasteiger partial charge in [-0.05, 0) is 40.1 Å². The summed E-state index contributed by atoms with van der Waals surface area (Å²) in [6, 6.07) is 15.1. The largest absolute Gasteiger partial charge is 0.313 e. The van der Waals surface area contributed by atoms with E-state index in [1.807, 2.05) is 0 Å². The summed E-state index contributed by atoms with van der Waals surface area (Å²) in [7, 11) is 0. The summed E-state index contributed by atoms with van der Waals surface area (Å²) in [5.74, 6) is 0. The fourth-order valence-corrected chi connectivity index (χ4v) is 2.55. The van der Waals surface area contributed by atoms with Gasteiger partial charge in [-0.15, -0.1) is 0 Å². The predicted molar refractivity (Wildman–Crippen MR) is 83.8 cm³/mol. The average Bonchev–Trinajstić information content (AvgIpc) is 2.39. The van der Waals surface area contributed by atoms with Gasteiger partial charge in [-0.25, -0.2) is 0 Å². The second kappa shape index (κ2) is 6.97. The van der Waals surface area contributed by atoms with Gasteiger partial charge in [0.25, 0.3) is 0 Å². The molecule has 0 bridgehead atoms. The number of unbranched alkanes of at least 4 members (excludes halogenated alkanes) is 1. The van der Waals surface area contributed by atoms with Crippen molar-refractivity contribution >= 4 is 33.4 Å². The molecule has 0 atom stereocenters. The summed E-state index contributed by atoms with van der Waals surface area (Å²) in [6.07, 6.45) is 2.58. The van der Waals surface area contributed by atoms with E-state index in [1.54, 1.807) is 0 Å². The zero-order chi connectivity index (χ0) is 11.9. The maximum Gasteiger partial charge on any atom is 0.0211 e. The van der Waals surface area contributed by atoms with Crippen LogP contribution in [0, 0.1) is 0 Å². The highest BCUT2D eigenvalue weighted by Gasteiger charge is 1.99. The number of hydrogen-bond acceptors (Lipinski definition) is 1. The molecule has 2 aromatic rings. The Hall–Kier alpha value is -0.610. The van der Waals surface area contributed by atoms with Gasteiger partial charge in [0, 0.05) is 6.54 Å². The molecule has 0 amide bonds. The molecule has 0 aliphatic rings. The Balaban J connectivity index is 1.98. The molecular formula is C15H18IN. The van der Waals surface area contributed by atoms with Crippen LogP contribution in [-0.2, 0) is 6.54 Å². The minimum absolute atomic E-state index is 0.975. The summed E-state index contributed by atoms with van der Waals surface area (Å²) in [5, 5.41) is 6.23. The van der Waals surface area contributed by atoms with E-state index in [4.69, 9.17) is 0 Å². The van der Waals surface area contributed by atoms with Crippen LogP contribution >= 0.6 is 22.6 Å². The monoisotopic (exact) mass is 339 g/mol. The molecule has 0 aliphatic heterocycles. The van der Waals surface area contributed by atoms with Crippen molar-refractivity contribution < 1.29 is 0 Å². The number of hydrogen-bond donors (Lipinski definition) is 1. The van der Waals surface area contributed by atoms with Gasteiger partial charge >= 0.3 is 0 Å². The molecule has 0 heterocycles. The van der Waals surface area contributed by atoms with Crippen molar-refractivity contribution in [3.8, 4) is 0 Å². The molecule has 2 aromatic carbocycles. The molecule has 0 aliphatic carbocycles. The van der Waals surface area contributed by atoms with E-state index in [2.05, 4.69) is 70.4 Å². The van der Waals surface area contributed by atoms with Crippen molar-refractivity contribution in [3.05, 3.63) is 48.0 Å². The quantitative estimate of drug-likeness (QED) is 0.474. The van der Waals surface area contributed by atoms with E-state index in [-0.39, 0.29) is 0 Å². The van der Waals surface area contributed by atoms with Crippen LogP contribution in [0.3, 0.4) is 0 Å². The predicted octanol–water partition coefficient (Wildman–Crippen LogP) is 4.14. The van der Waals surface area contributed by atoms with Gasteiger partial charge < -0.3 is 5.32 Å². The molecule has 17 heavy (non-hydrogen) atoms. The second-order valence-electron chi connectivity index (χ2n) is 4.21. The number of alkyl halides is 1. The first-order valence-electron chi connectivity index (χ1n) is 6.15. The Morgan fingerprint density at radius 2 is 1.76 bits per heavy atom. The first-order chi connectivity index (χ1) is 8.42.